The number of H-pyrrole nitrogens is 1. The molecule has 21 aromatic carbocycles. The van der Waals surface area contributed by atoms with Crippen molar-refractivity contribution in [1.82, 2.24) is 9.55 Å². The number of nitrogens with one attached hydrogen (secondary N) is 1. The van der Waals surface area contributed by atoms with E-state index >= 15 is 0 Å². The van der Waals surface area contributed by atoms with Crippen LogP contribution in [0, 0.1) is 0 Å². The normalized spacial score (nSPS) is 12.5. The molecule has 590 valence electrons. The zero-order chi connectivity index (χ0) is 83.5. The minimum atomic E-state index is 0.0486. The molecule has 0 fully saturated rings. The van der Waals surface area contributed by atoms with Crippen molar-refractivity contribution in [2.24, 2.45) is 0 Å². The summed E-state index contributed by atoms with van der Waals surface area (Å²) in [6.45, 7) is 27.4. The highest BCUT2D eigenvalue weighted by Crippen LogP contribution is 2.49. The Hall–Kier alpha value is -9.45. The topological polar surface area (TPSA) is 20.7 Å². The van der Waals surface area contributed by atoms with Gasteiger partial charge in [-0.05, 0) is 265 Å². The molecule has 23 aromatic rings. The number of hydrogen-bond acceptors (Lipinski definition) is 0. The minimum absolute atomic E-state index is 0.0486. The van der Waals surface area contributed by atoms with Crippen molar-refractivity contribution in [3.63, 3.8) is 0 Å². The quantitative estimate of drug-likeness (QED) is 0.170. The average molecular weight is 1960 g/mol. The summed E-state index contributed by atoms with van der Waals surface area (Å²) in [7, 11) is 0. The Labute approximate surface area is 755 Å². The summed E-state index contributed by atoms with van der Waals surface area (Å²) >= 11 is 28.5. The SMILES string of the molecule is Brc1ccc2ccc3cc4c5ccccc5[nH]c4c4ccc1c2c34.Brc1ccc2ccc3ccc(Br)c4ccc1c2c34.CC(C)(C)c1cc(-n2c3ccccc3c3cc4ccc5ccc(Br)c6ccc(c4c56)c32)cc(C(C)(C)C)c1.CC(C)(C)c1cc(Br)cc(C(C)(C)C)c1.Clc1ccccc1Cc1ccc2ccc3ccc(Br)c4ccc1c2c34. The number of halogens is 7. The summed E-state index contributed by atoms with van der Waals surface area (Å²) < 4.78 is 9.46. The first-order valence-corrected chi connectivity index (χ1v) is 46.2. The fraction of sp³-hybridized carbons (Fsp3) is 0.153. The molecular weight excluding hydrogens is 1880 g/mol. The van der Waals surface area contributed by atoms with Crippen LogP contribution in [0.3, 0.4) is 0 Å². The second kappa shape index (κ2) is 30.6. The van der Waals surface area contributed by atoms with Crippen LogP contribution in [0.2, 0.25) is 5.02 Å². The van der Waals surface area contributed by atoms with Gasteiger partial charge in [0.1, 0.15) is 0 Å². The molecule has 0 aliphatic carbocycles. The first-order valence-electron chi connectivity index (χ1n) is 41.1. The predicted molar refractivity (Wildman–Crippen MR) is 546 cm³/mol. The van der Waals surface area contributed by atoms with E-state index in [1.54, 1.807) is 0 Å². The van der Waals surface area contributed by atoms with Crippen molar-refractivity contribution >= 4 is 280 Å². The molecule has 120 heavy (non-hydrogen) atoms. The molecule has 0 spiro atoms. The van der Waals surface area contributed by atoms with E-state index in [1.807, 2.05) is 18.2 Å². The molecule has 0 unspecified atom stereocenters. The number of aromatic amines is 1. The number of hydrogen-bond donors (Lipinski definition) is 1. The van der Waals surface area contributed by atoms with E-state index in [4.69, 9.17) is 11.6 Å². The largest absolute Gasteiger partial charge is 0.354 e. The highest BCUT2D eigenvalue weighted by molar-refractivity contribution is 9.11. The molecule has 2 aromatic heterocycles. The smallest absolute Gasteiger partial charge is 0.0620 e. The lowest BCUT2D eigenvalue weighted by Gasteiger charge is -2.27. The summed E-state index contributed by atoms with van der Waals surface area (Å²) in [6, 6.07) is 106. The van der Waals surface area contributed by atoms with Gasteiger partial charge in [0, 0.05) is 75.4 Å². The summed E-state index contributed by atoms with van der Waals surface area (Å²) in [4.78, 5) is 3.64. The lowest BCUT2D eigenvalue weighted by Crippen LogP contribution is -2.17. The van der Waals surface area contributed by atoms with E-state index in [9.17, 15) is 0 Å². The van der Waals surface area contributed by atoms with Crippen LogP contribution in [-0.2, 0) is 28.1 Å². The van der Waals surface area contributed by atoms with Gasteiger partial charge in [-0.3, -0.25) is 0 Å². The molecule has 1 N–H and O–H groups in total. The summed E-state index contributed by atoms with van der Waals surface area (Å²) in [6.07, 6.45) is 0.842. The van der Waals surface area contributed by atoms with Crippen LogP contribution in [0.15, 0.2) is 318 Å². The van der Waals surface area contributed by atoms with Gasteiger partial charge in [-0.25, -0.2) is 0 Å². The molecule has 0 saturated heterocycles. The number of nitrogens with zero attached hydrogens (tertiary/aromatic N) is 1. The highest BCUT2D eigenvalue weighted by atomic mass is 79.9. The van der Waals surface area contributed by atoms with Gasteiger partial charge in [0.25, 0.3) is 0 Å². The first kappa shape index (κ1) is 80.3. The number of aromatic nitrogens is 2. The molecule has 23 rings (SSSR count). The third kappa shape index (κ3) is 14.2. The van der Waals surface area contributed by atoms with Gasteiger partial charge >= 0.3 is 0 Å². The monoisotopic (exact) mass is 1960 g/mol. The van der Waals surface area contributed by atoms with Crippen LogP contribution >= 0.6 is 107 Å². The molecule has 0 bridgehead atoms. The van der Waals surface area contributed by atoms with Crippen LogP contribution in [0.1, 0.15) is 116 Å². The predicted octanol–water partition coefficient (Wildman–Crippen LogP) is 36.8. The van der Waals surface area contributed by atoms with Crippen molar-refractivity contribution in [1.29, 1.82) is 0 Å². The van der Waals surface area contributed by atoms with E-state index in [-0.39, 0.29) is 21.7 Å². The third-order valence-corrected chi connectivity index (χ3v) is 29.0. The van der Waals surface area contributed by atoms with Gasteiger partial charge in [0.05, 0.1) is 16.6 Å². The van der Waals surface area contributed by atoms with E-state index in [0.717, 1.165) is 33.8 Å². The maximum absolute atomic E-state index is 6.39. The summed E-state index contributed by atoms with van der Waals surface area (Å²) in [5.41, 5.74) is 14.7. The zero-order valence-corrected chi connectivity index (χ0v) is 79.3. The molecule has 0 aliphatic rings. The Morgan fingerprint density at radius 2 is 0.600 bits per heavy atom. The van der Waals surface area contributed by atoms with Gasteiger partial charge in [-0.2, -0.15) is 0 Å². The molecule has 0 aliphatic heterocycles. The molecular formula is C111H87Br6ClN2. The van der Waals surface area contributed by atoms with Gasteiger partial charge in [0.2, 0.25) is 0 Å². The van der Waals surface area contributed by atoms with Crippen molar-refractivity contribution in [3.05, 3.63) is 356 Å². The zero-order valence-electron chi connectivity index (χ0n) is 69.0. The van der Waals surface area contributed by atoms with Gasteiger partial charge in [-0.1, -0.05) is 397 Å². The van der Waals surface area contributed by atoms with E-state index < -0.39 is 0 Å². The van der Waals surface area contributed by atoms with E-state index in [1.165, 1.54) is 216 Å². The van der Waals surface area contributed by atoms with Gasteiger partial charge < -0.3 is 9.55 Å². The number of para-hydroxylation sites is 2. The minimum Gasteiger partial charge on any atom is -0.354 e. The van der Waals surface area contributed by atoms with Crippen molar-refractivity contribution in [2.75, 3.05) is 0 Å². The van der Waals surface area contributed by atoms with Crippen LogP contribution in [-0.4, -0.2) is 9.55 Å². The first-order chi connectivity index (χ1) is 57.4. The average Bonchev–Trinajstić information content (AvgIpc) is 1.43. The van der Waals surface area contributed by atoms with Crippen LogP contribution in [0.4, 0.5) is 0 Å². The highest BCUT2D eigenvalue weighted by Gasteiger charge is 2.27. The second-order valence-electron chi connectivity index (χ2n) is 36.5. The molecule has 0 saturated carbocycles. The van der Waals surface area contributed by atoms with Gasteiger partial charge in [-0.15, -0.1) is 0 Å². The number of rotatable bonds is 3. The second-order valence-corrected chi connectivity index (χ2v) is 42.1. The van der Waals surface area contributed by atoms with E-state index in [0.29, 0.717) is 0 Å². The molecule has 2 nitrogen and oxygen atoms in total. The molecule has 0 atom stereocenters. The summed E-state index contributed by atoms with van der Waals surface area (Å²) in [5.74, 6) is 0. The van der Waals surface area contributed by atoms with Crippen molar-refractivity contribution < 1.29 is 0 Å². The van der Waals surface area contributed by atoms with E-state index in [2.05, 4.69) is 461 Å². The lowest BCUT2D eigenvalue weighted by molar-refractivity contribution is 0.567. The molecule has 9 heteroatoms. The Morgan fingerprint density at radius 1 is 0.267 bits per heavy atom. The Balaban J connectivity index is 0.000000103. The van der Waals surface area contributed by atoms with Crippen LogP contribution < -0.4 is 0 Å². The fourth-order valence-corrected chi connectivity index (χ4v) is 21.3. The van der Waals surface area contributed by atoms with Crippen LogP contribution in [0.25, 0.3) is 179 Å². The third-order valence-electron chi connectivity index (χ3n) is 24.7. The Bertz CT molecular complexity index is 7880. The Morgan fingerprint density at radius 3 is 1.05 bits per heavy atom. The summed E-state index contributed by atoms with van der Waals surface area (Å²) in [5, 5.41) is 37.4. The molecule has 2 heterocycles. The van der Waals surface area contributed by atoms with Gasteiger partial charge in [0.15, 0.2) is 0 Å². The molecule has 0 radical (unpaired) electrons. The molecule has 0 amide bonds. The number of fused-ring (bicyclic) bond motifs is 8. The maximum Gasteiger partial charge on any atom is 0.0620 e. The number of benzene rings is 21. The van der Waals surface area contributed by atoms with Crippen molar-refractivity contribution in [3.8, 4) is 5.69 Å². The van der Waals surface area contributed by atoms with Crippen LogP contribution in [0.5, 0.6) is 0 Å². The fourth-order valence-electron chi connectivity index (χ4n) is 18.3. The lowest BCUT2D eigenvalue weighted by atomic mass is 9.80. The maximum atomic E-state index is 6.39. The Kier molecular flexibility index (Phi) is 20.4. The van der Waals surface area contributed by atoms with Crippen molar-refractivity contribution in [2.45, 2.75) is 111 Å². The standard InChI is InChI=1S/C36H32BrN.C23H14BrCl.C22H12BrN.C16H8Br2.C14H21Br/c1-35(2,3)23-18-24(36(4,5)6)20-25(19-23)38-31-10-8-7-9-26(31)29-17-22-12-11-21-13-16-30(37)27-14-15-28(34(29)38)33(22)32(21)27;24-20-12-9-15-6-5-14-7-8-16(13-17-3-1-2-4-21(17)25)18-10-11-19(20)23(15)22(14)18;23-18-10-7-12-5-6-13-11-17-14-3-1-2-4-19(14)24-22(17)16-9-8-15(18)20(12)21(13)16;17-13-7-3-9-1-2-10-4-8-14(18)12-6-5-11(13)15(9)16(10)12;1-13(2,3)10-7-11(14(4,5)6)9-12(15)8-10/h7-20H,1-6H3;1-12H,13H2;1-11,24H;1-8H;7-9H,1-6H3.